The van der Waals surface area contributed by atoms with Gasteiger partial charge < -0.3 is 24.6 Å². The molecular formula is C31H35F3N4O5. The lowest BCUT2D eigenvalue weighted by Crippen LogP contribution is -2.42. The highest BCUT2D eigenvalue weighted by Gasteiger charge is 2.43. The van der Waals surface area contributed by atoms with Crippen LogP contribution >= 0.6 is 0 Å². The largest absolute Gasteiger partial charge is 0.481 e. The monoisotopic (exact) mass is 600 g/mol. The van der Waals surface area contributed by atoms with E-state index in [2.05, 4.69) is 15.2 Å². The van der Waals surface area contributed by atoms with Gasteiger partial charge in [-0.2, -0.15) is 13.2 Å². The van der Waals surface area contributed by atoms with Crippen LogP contribution in [0.15, 0.2) is 46.9 Å². The normalized spacial score (nSPS) is 19.0. The van der Waals surface area contributed by atoms with E-state index in [0.29, 0.717) is 63.1 Å². The molecule has 1 aromatic heterocycles. The highest BCUT2D eigenvalue weighted by Crippen LogP contribution is 2.40. The molecule has 9 nitrogen and oxygen atoms in total. The molecule has 1 saturated heterocycles. The minimum atomic E-state index is -4.90. The first-order chi connectivity index (χ1) is 20.6. The molecule has 12 heteroatoms. The molecule has 0 spiro atoms. The summed E-state index contributed by atoms with van der Waals surface area (Å²) in [6.07, 6.45) is 6.07. The topological polar surface area (TPSA) is 116 Å². The predicted octanol–water partition coefficient (Wildman–Crippen LogP) is 6.14. The zero-order valence-corrected chi connectivity index (χ0v) is 23.8. The Bertz CT molecular complexity index is 1410. The van der Waals surface area contributed by atoms with Crippen molar-refractivity contribution in [1.29, 1.82) is 0 Å². The average molecular weight is 601 g/mol. The van der Waals surface area contributed by atoms with Crippen molar-refractivity contribution in [3.63, 3.8) is 0 Å². The van der Waals surface area contributed by atoms with Crippen molar-refractivity contribution in [3.8, 4) is 0 Å². The van der Waals surface area contributed by atoms with Crippen LogP contribution in [0, 0.1) is 5.41 Å². The minimum absolute atomic E-state index is 0.0219. The van der Waals surface area contributed by atoms with Gasteiger partial charge in [0.25, 0.3) is 5.91 Å². The fourth-order valence-corrected chi connectivity index (χ4v) is 6.03. The third-order valence-electron chi connectivity index (χ3n) is 8.43. The van der Waals surface area contributed by atoms with Gasteiger partial charge in [-0.05, 0) is 56.4 Å². The van der Waals surface area contributed by atoms with Crippen LogP contribution in [-0.2, 0) is 15.8 Å². The second-order valence-electron chi connectivity index (χ2n) is 11.4. The van der Waals surface area contributed by atoms with Gasteiger partial charge in [-0.15, -0.1) is 0 Å². The number of aromatic nitrogens is 1. The van der Waals surface area contributed by atoms with Gasteiger partial charge >= 0.3 is 12.1 Å². The number of rotatable bonds is 7. The van der Waals surface area contributed by atoms with Crippen molar-refractivity contribution in [1.82, 2.24) is 9.88 Å². The number of carboxylic acid groups (broad SMARTS) is 1. The lowest BCUT2D eigenvalue weighted by atomic mass is 9.71. The third-order valence-corrected chi connectivity index (χ3v) is 8.43. The van der Waals surface area contributed by atoms with Gasteiger partial charge in [0.1, 0.15) is 0 Å². The van der Waals surface area contributed by atoms with E-state index in [1.165, 1.54) is 0 Å². The maximum absolute atomic E-state index is 13.7. The minimum Gasteiger partial charge on any atom is -0.481 e. The predicted molar refractivity (Wildman–Crippen MR) is 153 cm³/mol. The Morgan fingerprint density at radius 2 is 1.72 bits per heavy atom. The molecule has 2 fully saturated rings. The number of amides is 2. The molecular weight excluding hydrogens is 565 g/mol. The van der Waals surface area contributed by atoms with Gasteiger partial charge in [0, 0.05) is 49.5 Å². The molecule has 0 atom stereocenters. The van der Waals surface area contributed by atoms with Gasteiger partial charge in [-0.25, -0.2) is 4.98 Å². The summed E-state index contributed by atoms with van der Waals surface area (Å²) in [5, 5.41) is 12.3. The summed E-state index contributed by atoms with van der Waals surface area (Å²) in [4.78, 5) is 45.7. The van der Waals surface area contributed by atoms with Crippen LogP contribution < -0.4 is 10.2 Å². The van der Waals surface area contributed by atoms with Gasteiger partial charge in [-0.1, -0.05) is 37.5 Å². The second kappa shape index (κ2) is 12.6. The first-order valence-electron chi connectivity index (χ1n) is 14.7. The summed E-state index contributed by atoms with van der Waals surface area (Å²) in [7, 11) is 0. The Hall–Kier alpha value is -4.09. The van der Waals surface area contributed by atoms with E-state index in [4.69, 9.17) is 4.42 Å². The van der Waals surface area contributed by atoms with Crippen LogP contribution in [-0.4, -0.2) is 59.0 Å². The number of aliphatic carboxylic acids is 1. The summed E-state index contributed by atoms with van der Waals surface area (Å²) in [6, 6.07) is 6.71. The number of carboxylic acids is 1. The summed E-state index contributed by atoms with van der Waals surface area (Å²) < 4.78 is 46.0. The Balaban J connectivity index is 1.21. The summed E-state index contributed by atoms with van der Waals surface area (Å²) in [5.74, 6) is -3.75. The molecule has 2 heterocycles. The Morgan fingerprint density at radius 3 is 2.37 bits per heavy atom. The molecule has 0 radical (unpaired) electrons. The van der Waals surface area contributed by atoms with Crippen LogP contribution in [0.2, 0.25) is 0 Å². The average Bonchev–Trinajstić information content (AvgIpc) is 3.32. The van der Waals surface area contributed by atoms with Crippen LogP contribution in [0.3, 0.4) is 0 Å². The molecule has 2 amide bonds. The molecule has 2 aromatic rings. The summed E-state index contributed by atoms with van der Waals surface area (Å²) in [5.41, 5.74) is -0.284. The summed E-state index contributed by atoms with van der Waals surface area (Å²) >= 11 is 0. The maximum Gasteiger partial charge on any atom is 0.452 e. The molecule has 43 heavy (non-hydrogen) atoms. The molecule has 0 bridgehead atoms. The van der Waals surface area contributed by atoms with Crippen molar-refractivity contribution in [2.75, 3.05) is 36.4 Å². The Morgan fingerprint density at radius 1 is 0.977 bits per heavy atom. The fourth-order valence-electron chi connectivity index (χ4n) is 6.03. The number of alkyl halides is 3. The van der Waals surface area contributed by atoms with Crippen molar-refractivity contribution in [2.45, 2.75) is 64.0 Å². The van der Waals surface area contributed by atoms with Gasteiger partial charge in [0.2, 0.25) is 17.6 Å². The Kier molecular flexibility index (Phi) is 8.93. The molecule has 0 unspecified atom stereocenters. The first kappa shape index (κ1) is 30.4. The van der Waals surface area contributed by atoms with E-state index in [1.807, 2.05) is 0 Å². The van der Waals surface area contributed by atoms with E-state index in [9.17, 15) is 32.7 Å². The van der Waals surface area contributed by atoms with E-state index in [1.54, 1.807) is 47.4 Å². The molecule has 1 aromatic carbocycles. The number of nitrogens with one attached hydrogen (secondary N) is 1. The van der Waals surface area contributed by atoms with E-state index < -0.39 is 34.9 Å². The number of benzene rings is 1. The highest BCUT2D eigenvalue weighted by atomic mass is 19.4. The van der Waals surface area contributed by atoms with E-state index in [-0.39, 0.29) is 18.2 Å². The number of hydrogen-bond acceptors (Lipinski definition) is 6. The number of anilines is 2. The zero-order chi connectivity index (χ0) is 30.6. The van der Waals surface area contributed by atoms with Crippen LogP contribution in [0.4, 0.5) is 24.5 Å². The lowest BCUT2D eigenvalue weighted by Gasteiger charge is -2.34. The number of halogens is 3. The first-order valence-corrected chi connectivity index (χ1v) is 14.7. The Labute approximate surface area is 247 Å². The van der Waals surface area contributed by atoms with Gasteiger partial charge in [-0.3, -0.25) is 14.4 Å². The number of nitrogens with zero attached hydrogens (tertiary/aromatic N) is 3. The van der Waals surface area contributed by atoms with E-state index >= 15 is 0 Å². The second-order valence-corrected chi connectivity index (χ2v) is 11.4. The number of carbonyl (C=O) groups excluding carboxylic acids is 2. The molecule has 3 aliphatic rings. The molecule has 2 aliphatic carbocycles. The SMILES string of the molecule is O=C(Nc1ccc(N2CCCN(C(=O)CC3(C(=O)O)CCCCC3)CC2)cc1)c1nc(C2=CCCC=C2)oc1C(F)(F)F. The quantitative estimate of drug-likeness (QED) is 0.392. The van der Waals surface area contributed by atoms with Crippen LogP contribution in [0.1, 0.15) is 79.9 Å². The third kappa shape index (κ3) is 6.94. The number of allylic oxidation sites excluding steroid dienone is 4. The smallest absolute Gasteiger partial charge is 0.452 e. The van der Waals surface area contributed by atoms with Gasteiger partial charge in [0.15, 0.2) is 5.69 Å². The zero-order valence-electron chi connectivity index (χ0n) is 23.8. The molecule has 230 valence electrons. The number of hydrogen-bond donors (Lipinski definition) is 2. The molecule has 2 N–H and O–H groups in total. The van der Waals surface area contributed by atoms with Crippen molar-refractivity contribution in [2.24, 2.45) is 5.41 Å². The maximum atomic E-state index is 13.7. The van der Waals surface area contributed by atoms with E-state index in [0.717, 1.165) is 31.4 Å². The molecule has 5 rings (SSSR count). The number of carbonyl (C=O) groups is 3. The standard InChI is InChI=1S/C31H35F3N4O5/c32-31(33,34)26-25(36-28(43-26)21-8-3-1-4-9-21)27(40)35-22-10-12-23(13-11-22)37-16-7-17-38(19-18-37)24(39)20-30(29(41)42)14-5-2-6-15-30/h3,8-13H,1-2,4-7,14-20H2,(H,35,40)(H,41,42). The molecule has 1 saturated carbocycles. The van der Waals surface area contributed by atoms with Crippen molar-refractivity contribution < 1.29 is 37.1 Å². The lowest BCUT2D eigenvalue weighted by molar-refractivity contribution is -0.156. The summed E-state index contributed by atoms with van der Waals surface area (Å²) in [6.45, 7) is 2.19. The van der Waals surface area contributed by atoms with Crippen LogP contribution in [0.5, 0.6) is 0 Å². The van der Waals surface area contributed by atoms with Crippen molar-refractivity contribution in [3.05, 3.63) is 59.8 Å². The van der Waals surface area contributed by atoms with Crippen LogP contribution in [0.25, 0.3) is 5.57 Å². The number of oxazole rings is 1. The van der Waals surface area contributed by atoms with Gasteiger partial charge in [0.05, 0.1) is 5.41 Å². The fraction of sp³-hybridized carbons (Fsp3) is 0.484. The molecule has 1 aliphatic heterocycles. The van der Waals surface area contributed by atoms with Crippen molar-refractivity contribution >= 4 is 34.7 Å². The highest BCUT2D eigenvalue weighted by molar-refractivity contribution is 6.04.